The number of halogens is 2. The second-order valence-corrected chi connectivity index (χ2v) is 9.54. The van der Waals surface area contributed by atoms with E-state index in [1.165, 1.54) is 0 Å². The van der Waals surface area contributed by atoms with Crippen LogP contribution in [0, 0.1) is 0 Å². The highest BCUT2D eigenvalue weighted by atomic mass is 35.5. The average Bonchev–Trinajstić information content (AvgIpc) is 2.87. The summed E-state index contributed by atoms with van der Waals surface area (Å²) in [6.45, 7) is 4.23. The van der Waals surface area contributed by atoms with Crippen molar-refractivity contribution in [2.75, 3.05) is 0 Å². The number of hydrogen-bond donors (Lipinski definition) is 1. The van der Waals surface area contributed by atoms with Crippen LogP contribution in [0.5, 0.6) is 0 Å². The average molecular weight is 511 g/mol. The van der Waals surface area contributed by atoms with Crippen molar-refractivity contribution in [2.45, 2.75) is 58.2 Å². The third kappa shape index (κ3) is 7.84. The topological polar surface area (TPSA) is 49.4 Å². The number of carbonyl (C=O) groups is 2. The maximum Gasteiger partial charge on any atom is 0.243 e. The van der Waals surface area contributed by atoms with Crippen LogP contribution < -0.4 is 5.32 Å². The van der Waals surface area contributed by atoms with E-state index in [4.69, 9.17) is 23.2 Å². The Kier molecular flexibility index (Phi) is 10.2. The van der Waals surface area contributed by atoms with E-state index in [0.29, 0.717) is 22.9 Å². The molecule has 0 aromatic heterocycles. The summed E-state index contributed by atoms with van der Waals surface area (Å²) in [5.74, 6) is -0.286. The summed E-state index contributed by atoms with van der Waals surface area (Å²) in [4.78, 5) is 28.9. The number of nitrogens with zero attached hydrogens (tertiary/aromatic N) is 1. The molecule has 0 radical (unpaired) electrons. The quantitative estimate of drug-likeness (QED) is 0.320. The van der Waals surface area contributed by atoms with Crippen LogP contribution >= 0.6 is 23.2 Å². The summed E-state index contributed by atoms with van der Waals surface area (Å²) < 4.78 is 0. The van der Waals surface area contributed by atoms with Crippen LogP contribution in [0.25, 0.3) is 0 Å². The zero-order valence-corrected chi connectivity index (χ0v) is 21.7. The van der Waals surface area contributed by atoms with Crippen molar-refractivity contribution in [3.63, 3.8) is 0 Å². The molecular formula is C29H32Cl2N2O2. The monoisotopic (exact) mass is 510 g/mol. The minimum absolute atomic E-state index is 0.00108. The van der Waals surface area contributed by atoms with E-state index in [1.54, 1.807) is 11.0 Å². The Hall–Kier alpha value is -2.82. The molecule has 6 heteroatoms. The van der Waals surface area contributed by atoms with Crippen molar-refractivity contribution in [3.8, 4) is 0 Å². The van der Waals surface area contributed by atoms with Crippen molar-refractivity contribution in [1.82, 2.24) is 10.2 Å². The van der Waals surface area contributed by atoms with Crippen molar-refractivity contribution in [2.24, 2.45) is 0 Å². The van der Waals surface area contributed by atoms with Crippen LogP contribution in [0.15, 0.2) is 78.9 Å². The van der Waals surface area contributed by atoms with E-state index in [-0.39, 0.29) is 30.8 Å². The molecule has 0 unspecified atom stereocenters. The molecule has 0 saturated heterocycles. The molecule has 0 aliphatic rings. The van der Waals surface area contributed by atoms with Crippen LogP contribution in [0.1, 0.15) is 43.4 Å². The zero-order valence-electron chi connectivity index (χ0n) is 20.2. The predicted molar refractivity (Wildman–Crippen MR) is 144 cm³/mol. The van der Waals surface area contributed by atoms with Gasteiger partial charge in [-0.05, 0) is 48.6 Å². The lowest BCUT2D eigenvalue weighted by Gasteiger charge is -2.32. The zero-order chi connectivity index (χ0) is 25.2. The molecule has 0 aliphatic carbocycles. The third-order valence-corrected chi connectivity index (χ3v) is 6.87. The Morgan fingerprint density at radius 1 is 0.857 bits per heavy atom. The van der Waals surface area contributed by atoms with Gasteiger partial charge in [0.2, 0.25) is 11.8 Å². The summed E-state index contributed by atoms with van der Waals surface area (Å²) in [5.41, 5.74) is 2.69. The highest BCUT2D eigenvalue weighted by Gasteiger charge is 2.31. The molecular weight excluding hydrogens is 479 g/mol. The largest absolute Gasteiger partial charge is 0.352 e. The summed E-state index contributed by atoms with van der Waals surface area (Å²) >= 11 is 12.8. The first-order chi connectivity index (χ1) is 16.9. The molecule has 35 heavy (non-hydrogen) atoms. The molecule has 0 fully saturated rings. The molecule has 3 rings (SSSR count). The SMILES string of the molecule is CC[C@H](C)NC(=O)[C@@H](Cc1ccccc1)N(Cc1ccccc1Cl)C(=O)CCc1ccccc1Cl. The fourth-order valence-corrected chi connectivity index (χ4v) is 4.32. The minimum atomic E-state index is -0.679. The number of aryl methyl sites for hydroxylation is 1. The van der Waals surface area contributed by atoms with Crippen molar-refractivity contribution >= 4 is 35.0 Å². The van der Waals surface area contributed by atoms with Gasteiger partial charge in [0.25, 0.3) is 0 Å². The molecule has 0 aliphatic heterocycles. The second kappa shape index (κ2) is 13.3. The van der Waals surface area contributed by atoms with Gasteiger partial charge in [0.05, 0.1) is 0 Å². The molecule has 1 N–H and O–H groups in total. The van der Waals surface area contributed by atoms with Crippen LogP contribution in [-0.4, -0.2) is 28.8 Å². The molecule has 2 amide bonds. The van der Waals surface area contributed by atoms with Gasteiger partial charge in [-0.15, -0.1) is 0 Å². The summed E-state index contributed by atoms with van der Waals surface area (Å²) in [5, 5.41) is 4.28. The molecule has 0 spiro atoms. The van der Waals surface area contributed by atoms with E-state index >= 15 is 0 Å². The van der Waals surface area contributed by atoms with Gasteiger partial charge < -0.3 is 10.2 Å². The lowest BCUT2D eigenvalue weighted by Crippen LogP contribution is -2.52. The number of nitrogens with one attached hydrogen (secondary N) is 1. The smallest absolute Gasteiger partial charge is 0.243 e. The molecule has 0 bridgehead atoms. The van der Waals surface area contributed by atoms with Crippen LogP contribution in [-0.2, 0) is 29.0 Å². The van der Waals surface area contributed by atoms with Gasteiger partial charge in [-0.25, -0.2) is 0 Å². The lowest BCUT2D eigenvalue weighted by atomic mass is 10.0. The van der Waals surface area contributed by atoms with E-state index in [1.807, 2.05) is 86.6 Å². The van der Waals surface area contributed by atoms with Crippen LogP contribution in [0.2, 0.25) is 10.0 Å². The number of carbonyl (C=O) groups excluding carboxylic acids is 2. The van der Waals surface area contributed by atoms with Gasteiger partial charge in [-0.2, -0.15) is 0 Å². The Balaban J connectivity index is 1.93. The van der Waals surface area contributed by atoms with E-state index in [0.717, 1.165) is 23.1 Å². The van der Waals surface area contributed by atoms with Crippen LogP contribution in [0.3, 0.4) is 0 Å². The maximum absolute atomic E-state index is 13.7. The predicted octanol–water partition coefficient (Wildman–Crippen LogP) is 6.48. The van der Waals surface area contributed by atoms with Gasteiger partial charge in [0.15, 0.2) is 0 Å². The first kappa shape index (κ1) is 26.8. The first-order valence-corrected chi connectivity index (χ1v) is 12.7. The normalized spacial score (nSPS) is 12.6. The minimum Gasteiger partial charge on any atom is -0.352 e. The molecule has 184 valence electrons. The van der Waals surface area contributed by atoms with Gasteiger partial charge >= 0.3 is 0 Å². The number of amides is 2. The van der Waals surface area contributed by atoms with Gasteiger partial charge in [0, 0.05) is 35.5 Å². The standard InChI is InChI=1S/C29H32Cl2N2O2/c1-3-21(2)32-29(35)27(19-22-11-5-4-6-12-22)33(20-24-14-8-10-16-26(24)31)28(34)18-17-23-13-7-9-15-25(23)30/h4-16,21,27H,3,17-20H2,1-2H3,(H,32,35)/t21-,27+/m0/s1. The summed E-state index contributed by atoms with van der Waals surface area (Å²) in [7, 11) is 0. The molecule has 0 saturated carbocycles. The highest BCUT2D eigenvalue weighted by molar-refractivity contribution is 6.31. The maximum atomic E-state index is 13.7. The Morgan fingerprint density at radius 3 is 2.03 bits per heavy atom. The number of hydrogen-bond acceptors (Lipinski definition) is 2. The number of rotatable bonds is 11. The number of benzene rings is 3. The summed E-state index contributed by atoms with van der Waals surface area (Å²) in [6, 6.07) is 24.0. The molecule has 3 aromatic rings. The Morgan fingerprint density at radius 2 is 1.43 bits per heavy atom. The third-order valence-electron chi connectivity index (χ3n) is 6.14. The summed E-state index contributed by atoms with van der Waals surface area (Å²) in [6.07, 6.45) is 1.93. The molecule has 2 atom stereocenters. The van der Waals surface area contributed by atoms with Gasteiger partial charge in [0.1, 0.15) is 6.04 Å². The Bertz CT molecular complexity index is 1120. The van der Waals surface area contributed by atoms with Gasteiger partial charge in [-0.3, -0.25) is 9.59 Å². The second-order valence-electron chi connectivity index (χ2n) is 8.73. The van der Waals surface area contributed by atoms with Crippen molar-refractivity contribution in [1.29, 1.82) is 0 Å². The fourth-order valence-electron chi connectivity index (χ4n) is 3.89. The first-order valence-electron chi connectivity index (χ1n) is 12.0. The molecule has 3 aromatic carbocycles. The van der Waals surface area contributed by atoms with E-state index in [9.17, 15) is 9.59 Å². The Labute approximate surface area is 218 Å². The van der Waals surface area contributed by atoms with Crippen molar-refractivity contribution in [3.05, 3.63) is 106 Å². The van der Waals surface area contributed by atoms with Crippen LogP contribution in [0.4, 0.5) is 0 Å². The highest BCUT2D eigenvalue weighted by Crippen LogP contribution is 2.23. The van der Waals surface area contributed by atoms with Crippen molar-refractivity contribution < 1.29 is 9.59 Å². The molecule has 0 heterocycles. The van der Waals surface area contributed by atoms with E-state index < -0.39 is 6.04 Å². The lowest BCUT2D eigenvalue weighted by molar-refractivity contribution is -0.141. The van der Waals surface area contributed by atoms with E-state index in [2.05, 4.69) is 5.32 Å². The molecule has 4 nitrogen and oxygen atoms in total. The van der Waals surface area contributed by atoms with Gasteiger partial charge in [-0.1, -0.05) is 96.9 Å². The fraction of sp³-hybridized carbons (Fsp3) is 0.310.